The second kappa shape index (κ2) is 4.96. The lowest BCUT2D eigenvalue weighted by atomic mass is 10.1. The molecule has 1 heterocycles. The van der Waals surface area contributed by atoms with Gasteiger partial charge in [0.15, 0.2) is 0 Å². The monoisotopic (exact) mass is 271 g/mol. The van der Waals surface area contributed by atoms with Crippen molar-refractivity contribution < 1.29 is 13.9 Å². The standard InChI is InChI=1S/C16H14FNO2/c1-10-8-13(17)3-4-14(10)18-16(19)12-2-5-15-11(9-12)6-7-20-15/h2-5,8-9H,6-7H2,1H3,(H,18,19). The summed E-state index contributed by atoms with van der Waals surface area (Å²) in [5, 5.41) is 2.80. The van der Waals surface area contributed by atoms with Gasteiger partial charge < -0.3 is 10.1 Å². The molecule has 0 unspecified atom stereocenters. The Labute approximate surface area is 116 Å². The molecular formula is C16H14FNO2. The summed E-state index contributed by atoms with van der Waals surface area (Å²) in [5.74, 6) is 0.337. The normalized spacial score (nSPS) is 12.7. The summed E-state index contributed by atoms with van der Waals surface area (Å²) in [5.41, 5.74) is 2.95. The van der Waals surface area contributed by atoms with Crippen molar-refractivity contribution in [3.63, 3.8) is 0 Å². The Kier molecular flexibility index (Phi) is 3.14. The van der Waals surface area contributed by atoms with Crippen LogP contribution >= 0.6 is 0 Å². The van der Waals surface area contributed by atoms with Crippen LogP contribution in [0.25, 0.3) is 0 Å². The summed E-state index contributed by atoms with van der Waals surface area (Å²) in [6.07, 6.45) is 0.825. The molecule has 2 aromatic carbocycles. The van der Waals surface area contributed by atoms with Crippen LogP contribution in [0.3, 0.4) is 0 Å². The Morgan fingerprint density at radius 3 is 2.90 bits per heavy atom. The molecule has 3 nitrogen and oxygen atoms in total. The van der Waals surface area contributed by atoms with Gasteiger partial charge in [-0.25, -0.2) is 4.39 Å². The largest absolute Gasteiger partial charge is 0.493 e. The molecule has 0 atom stereocenters. The van der Waals surface area contributed by atoms with E-state index >= 15 is 0 Å². The van der Waals surface area contributed by atoms with Crippen molar-refractivity contribution >= 4 is 11.6 Å². The number of carbonyl (C=O) groups excluding carboxylic acids is 1. The average Bonchev–Trinajstić information content (AvgIpc) is 2.89. The lowest BCUT2D eigenvalue weighted by molar-refractivity contribution is 0.102. The zero-order valence-electron chi connectivity index (χ0n) is 11.1. The van der Waals surface area contributed by atoms with Crippen molar-refractivity contribution in [3.05, 3.63) is 58.9 Å². The molecule has 0 radical (unpaired) electrons. The third-order valence-corrected chi connectivity index (χ3v) is 3.39. The molecule has 0 spiro atoms. The van der Waals surface area contributed by atoms with E-state index in [0.717, 1.165) is 17.7 Å². The maximum absolute atomic E-state index is 13.0. The molecule has 102 valence electrons. The van der Waals surface area contributed by atoms with Crippen molar-refractivity contribution in [2.24, 2.45) is 0 Å². The van der Waals surface area contributed by atoms with E-state index < -0.39 is 0 Å². The summed E-state index contributed by atoms with van der Waals surface area (Å²) in [4.78, 5) is 12.2. The molecule has 2 aromatic rings. The molecular weight excluding hydrogens is 257 g/mol. The Hall–Kier alpha value is -2.36. The molecule has 0 bridgehead atoms. The topological polar surface area (TPSA) is 38.3 Å². The molecule has 0 fully saturated rings. The van der Waals surface area contributed by atoms with Crippen molar-refractivity contribution in [1.82, 2.24) is 0 Å². The minimum atomic E-state index is -0.310. The minimum Gasteiger partial charge on any atom is -0.493 e. The summed E-state index contributed by atoms with van der Waals surface area (Å²) < 4.78 is 18.4. The fourth-order valence-electron chi connectivity index (χ4n) is 2.29. The van der Waals surface area contributed by atoms with Crippen LogP contribution in [0.4, 0.5) is 10.1 Å². The van der Waals surface area contributed by atoms with Crippen LogP contribution in [0.15, 0.2) is 36.4 Å². The Morgan fingerprint density at radius 2 is 2.10 bits per heavy atom. The number of halogens is 1. The number of amides is 1. The molecule has 0 aromatic heterocycles. The van der Waals surface area contributed by atoms with Crippen LogP contribution < -0.4 is 10.1 Å². The van der Waals surface area contributed by atoms with Gasteiger partial charge in [0.25, 0.3) is 5.91 Å². The van der Waals surface area contributed by atoms with E-state index in [1.54, 1.807) is 19.1 Å². The number of carbonyl (C=O) groups is 1. The highest BCUT2D eigenvalue weighted by molar-refractivity contribution is 6.04. The summed E-state index contributed by atoms with van der Waals surface area (Å²) >= 11 is 0. The number of hydrogen-bond donors (Lipinski definition) is 1. The van der Waals surface area contributed by atoms with Gasteiger partial charge in [0.2, 0.25) is 0 Å². The maximum atomic E-state index is 13.0. The van der Waals surface area contributed by atoms with E-state index in [0.29, 0.717) is 23.4 Å². The number of aryl methyl sites for hydroxylation is 1. The second-order valence-electron chi connectivity index (χ2n) is 4.83. The molecule has 20 heavy (non-hydrogen) atoms. The number of hydrogen-bond acceptors (Lipinski definition) is 2. The first-order chi connectivity index (χ1) is 9.63. The highest BCUT2D eigenvalue weighted by Crippen LogP contribution is 2.26. The molecule has 0 aliphatic carbocycles. The fraction of sp³-hybridized carbons (Fsp3) is 0.188. The van der Waals surface area contributed by atoms with E-state index in [9.17, 15) is 9.18 Å². The molecule has 1 aliphatic rings. The summed E-state index contributed by atoms with van der Waals surface area (Å²) in [7, 11) is 0. The highest BCUT2D eigenvalue weighted by Gasteiger charge is 2.15. The molecule has 4 heteroatoms. The number of nitrogens with one attached hydrogen (secondary N) is 1. The first-order valence-electron chi connectivity index (χ1n) is 6.47. The van der Waals surface area contributed by atoms with E-state index in [4.69, 9.17) is 4.74 Å². The van der Waals surface area contributed by atoms with Gasteiger partial charge in [-0.3, -0.25) is 4.79 Å². The third-order valence-electron chi connectivity index (χ3n) is 3.39. The average molecular weight is 271 g/mol. The van der Waals surface area contributed by atoms with Gasteiger partial charge in [0, 0.05) is 17.7 Å². The van der Waals surface area contributed by atoms with Crippen molar-refractivity contribution in [2.45, 2.75) is 13.3 Å². The molecule has 1 aliphatic heterocycles. The van der Waals surface area contributed by atoms with Crippen LogP contribution in [0.5, 0.6) is 5.75 Å². The highest BCUT2D eigenvalue weighted by atomic mass is 19.1. The number of benzene rings is 2. The summed E-state index contributed by atoms with van der Waals surface area (Å²) in [6.45, 7) is 2.42. The van der Waals surface area contributed by atoms with Crippen LogP contribution in [0.1, 0.15) is 21.5 Å². The number of rotatable bonds is 2. The van der Waals surface area contributed by atoms with Gasteiger partial charge in [-0.15, -0.1) is 0 Å². The molecule has 0 saturated heterocycles. The predicted molar refractivity (Wildman–Crippen MR) is 74.7 cm³/mol. The smallest absolute Gasteiger partial charge is 0.255 e. The first-order valence-corrected chi connectivity index (χ1v) is 6.47. The lowest BCUT2D eigenvalue weighted by Crippen LogP contribution is -2.13. The van der Waals surface area contributed by atoms with E-state index in [1.165, 1.54) is 12.1 Å². The van der Waals surface area contributed by atoms with Crippen molar-refractivity contribution in [1.29, 1.82) is 0 Å². The number of fused-ring (bicyclic) bond motifs is 1. The maximum Gasteiger partial charge on any atom is 0.255 e. The predicted octanol–water partition coefficient (Wildman–Crippen LogP) is 3.32. The molecule has 1 N–H and O–H groups in total. The molecule has 3 rings (SSSR count). The summed E-state index contributed by atoms with van der Waals surface area (Å²) in [6, 6.07) is 9.69. The quantitative estimate of drug-likeness (QED) is 0.910. The Balaban J connectivity index is 1.82. The van der Waals surface area contributed by atoms with Crippen LogP contribution in [0.2, 0.25) is 0 Å². The first kappa shape index (κ1) is 12.7. The second-order valence-corrected chi connectivity index (χ2v) is 4.83. The number of anilines is 1. The van der Waals surface area contributed by atoms with Gasteiger partial charge in [-0.1, -0.05) is 0 Å². The lowest BCUT2D eigenvalue weighted by Gasteiger charge is -2.09. The van der Waals surface area contributed by atoms with Crippen molar-refractivity contribution in [2.75, 3.05) is 11.9 Å². The van der Waals surface area contributed by atoms with Gasteiger partial charge in [-0.2, -0.15) is 0 Å². The van der Waals surface area contributed by atoms with Gasteiger partial charge in [0.1, 0.15) is 11.6 Å². The zero-order chi connectivity index (χ0) is 14.1. The van der Waals surface area contributed by atoms with Crippen LogP contribution in [-0.4, -0.2) is 12.5 Å². The Morgan fingerprint density at radius 1 is 1.25 bits per heavy atom. The van der Waals surface area contributed by atoms with Gasteiger partial charge in [0.05, 0.1) is 6.61 Å². The van der Waals surface area contributed by atoms with E-state index in [-0.39, 0.29) is 11.7 Å². The molecule has 0 saturated carbocycles. The molecule has 1 amide bonds. The van der Waals surface area contributed by atoms with E-state index in [1.807, 2.05) is 12.1 Å². The van der Waals surface area contributed by atoms with Gasteiger partial charge in [-0.05, 0) is 54.4 Å². The van der Waals surface area contributed by atoms with E-state index in [2.05, 4.69) is 5.32 Å². The van der Waals surface area contributed by atoms with Crippen LogP contribution in [-0.2, 0) is 6.42 Å². The van der Waals surface area contributed by atoms with Crippen LogP contribution in [0, 0.1) is 12.7 Å². The van der Waals surface area contributed by atoms with Crippen molar-refractivity contribution in [3.8, 4) is 5.75 Å². The fourth-order valence-corrected chi connectivity index (χ4v) is 2.29. The van der Waals surface area contributed by atoms with Gasteiger partial charge >= 0.3 is 0 Å². The zero-order valence-corrected chi connectivity index (χ0v) is 11.1. The number of ether oxygens (including phenoxy) is 1. The Bertz CT molecular complexity index is 682. The minimum absolute atomic E-state index is 0.200. The SMILES string of the molecule is Cc1cc(F)ccc1NC(=O)c1ccc2c(c1)CCO2. The third kappa shape index (κ3) is 2.37.